The molecule has 3 rings (SSSR count). The molecule has 0 aliphatic heterocycles. The molecule has 0 atom stereocenters. The Kier molecular flexibility index (Phi) is 3.70. The van der Waals surface area contributed by atoms with Crippen LogP contribution < -0.4 is 5.32 Å². The monoisotopic (exact) mass is 293 g/mol. The summed E-state index contributed by atoms with van der Waals surface area (Å²) in [5, 5.41) is 6.66. The number of carbonyl (C=O) groups excluding carboxylic acids is 1. The van der Waals surface area contributed by atoms with E-state index in [-0.39, 0.29) is 11.6 Å². The Balaban J connectivity index is 1.80. The SMILES string of the molecule is Cc1ccc(NC(=O)c2cc(-c3cccnc3)on2)c(C)c1. The third kappa shape index (κ3) is 2.88. The lowest BCUT2D eigenvalue weighted by Gasteiger charge is -2.07. The fourth-order valence-corrected chi connectivity index (χ4v) is 2.17. The van der Waals surface area contributed by atoms with Gasteiger partial charge in [-0.15, -0.1) is 0 Å². The number of carbonyl (C=O) groups is 1. The molecule has 0 radical (unpaired) electrons. The minimum atomic E-state index is -0.300. The van der Waals surface area contributed by atoms with Crippen LogP contribution in [0.2, 0.25) is 0 Å². The molecular formula is C17H15N3O2. The highest BCUT2D eigenvalue weighted by atomic mass is 16.5. The Labute approximate surface area is 128 Å². The second-order valence-electron chi connectivity index (χ2n) is 5.09. The van der Waals surface area contributed by atoms with Crippen molar-refractivity contribution in [3.63, 3.8) is 0 Å². The number of aromatic nitrogens is 2. The van der Waals surface area contributed by atoms with Gasteiger partial charge in [-0.05, 0) is 37.6 Å². The number of hydrogen-bond acceptors (Lipinski definition) is 4. The van der Waals surface area contributed by atoms with Crippen molar-refractivity contribution in [1.29, 1.82) is 0 Å². The third-order valence-corrected chi connectivity index (χ3v) is 3.32. The van der Waals surface area contributed by atoms with Crippen molar-refractivity contribution in [2.24, 2.45) is 0 Å². The first-order chi connectivity index (χ1) is 10.6. The summed E-state index contributed by atoms with van der Waals surface area (Å²) < 4.78 is 5.21. The van der Waals surface area contributed by atoms with Crippen molar-refractivity contribution in [3.8, 4) is 11.3 Å². The average molecular weight is 293 g/mol. The van der Waals surface area contributed by atoms with E-state index >= 15 is 0 Å². The molecule has 1 amide bonds. The highest BCUT2D eigenvalue weighted by molar-refractivity contribution is 6.03. The third-order valence-electron chi connectivity index (χ3n) is 3.32. The summed E-state index contributed by atoms with van der Waals surface area (Å²) in [4.78, 5) is 16.3. The molecule has 2 aromatic heterocycles. The smallest absolute Gasteiger partial charge is 0.277 e. The molecular weight excluding hydrogens is 278 g/mol. The summed E-state index contributed by atoms with van der Waals surface area (Å²) in [6, 6.07) is 11.1. The summed E-state index contributed by atoms with van der Waals surface area (Å²) in [5.74, 6) is 0.213. The van der Waals surface area contributed by atoms with Gasteiger partial charge in [0.1, 0.15) is 0 Å². The molecule has 0 fully saturated rings. The highest BCUT2D eigenvalue weighted by Gasteiger charge is 2.14. The molecule has 1 N–H and O–H groups in total. The molecule has 0 aliphatic rings. The molecule has 0 spiro atoms. The molecule has 0 aliphatic carbocycles. The molecule has 22 heavy (non-hydrogen) atoms. The second kappa shape index (κ2) is 5.81. The van der Waals surface area contributed by atoms with Gasteiger partial charge in [0.2, 0.25) is 0 Å². The predicted octanol–water partition coefficient (Wildman–Crippen LogP) is 3.61. The summed E-state index contributed by atoms with van der Waals surface area (Å²) in [6.45, 7) is 3.96. The van der Waals surface area contributed by atoms with Crippen LogP contribution >= 0.6 is 0 Å². The van der Waals surface area contributed by atoms with E-state index in [4.69, 9.17) is 4.52 Å². The van der Waals surface area contributed by atoms with Crippen LogP contribution in [0.1, 0.15) is 21.6 Å². The zero-order valence-corrected chi connectivity index (χ0v) is 12.3. The van der Waals surface area contributed by atoms with Crippen molar-refractivity contribution in [3.05, 3.63) is 65.6 Å². The van der Waals surface area contributed by atoms with E-state index in [0.717, 1.165) is 22.4 Å². The summed E-state index contributed by atoms with van der Waals surface area (Å²) in [7, 11) is 0. The fourth-order valence-electron chi connectivity index (χ4n) is 2.17. The number of hydrogen-bond donors (Lipinski definition) is 1. The maximum Gasteiger partial charge on any atom is 0.277 e. The molecule has 0 saturated carbocycles. The van der Waals surface area contributed by atoms with Crippen molar-refractivity contribution < 1.29 is 9.32 Å². The number of pyridine rings is 1. The van der Waals surface area contributed by atoms with Gasteiger partial charge in [0.15, 0.2) is 11.5 Å². The lowest BCUT2D eigenvalue weighted by Crippen LogP contribution is -2.13. The molecule has 1 aromatic carbocycles. The fraction of sp³-hybridized carbons (Fsp3) is 0.118. The maximum absolute atomic E-state index is 12.2. The standard InChI is InChI=1S/C17H15N3O2/c1-11-5-6-14(12(2)8-11)19-17(21)15-9-16(22-20-15)13-4-3-7-18-10-13/h3-10H,1-2H3,(H,19,21). The Morgan fingerprint density at radius 2 is 2.05 bits per heavy atom. The Hall–Kier alpha value is -2.95. The van der Waals surface area contributed by atoms with Crippen LogP contribution in [0, 0.1) is 13.8 Å². The van der Waals surface area contributed by atoms with E-state index in [9.17, 15) is 4.79 Å². The molecule has 0 saturated heterocycles. The Morgan fingerprint density at radius 1 is 1.18 bits per heavy atom. The van der Waals surface area contributed by atoms with Crippen molar-refractivity contribution in [2.75, 3.05) is 5.32 Å². The van der Waals surface area contributed by atoms with Gasteiger partial charge >= 0.3 is 0 Å². The number of amides is 1. The number of nitrogens with one attached hydrogen (secondary N) is 1. The van der Waals surface area contributed by atoms with Crippen molar-refractivity contribution in [2.45, 2.75) is 13.8 Å². The van der Waals surface area contributed by atoms with Gasteiger partial charge in [0.25, 0.3) is 5.91 Å². The summed E-state index contributed by atoms with van der Waals surface area (Å²) >= 11 is 0. The number of anilines is 1. The van der Waals surface area contributed by atoms with Gasteiger partial charge in [-0.1, -0.05) is 22.9 Å². The number of rotatable bonds is 3. The molecule has 110 valence electrons. The lowest BCUT2D eigenvalue weighted by atomic mass is 10.1. The molecule has 2 heterocycles. The maximum atomic E-state index is 12.2. The van der Waals surface area contributed by atoms with Crippen LogP contribution in [0.15, 0.2) is 53.3 Å². The van der Waals surface area contributed by atoms with Gasteiger partial charge in [0.05, 0.1) is 0 Å². The lowest BCUT2D eigenvalue weighted by molar-refractivity contribution is 0.101. The first-order valence-electron chi connectivity index (χ1n) is 6.89. The predicted molar refractivity (Wildman–Crippen MR) is 83.6 cm³/mol. The highest BCUT2D eigenvalue weighted by Crippen LogP contribution is 2.21. The first-order valence-corrected chi connectivity index (χ1v) is 6.89. The number of benzene rings is 1. The Bertz CT molecular complexity index is 810. The first kappa shape index (κ1) is 14.0. The van der Waals surface area contributed by atoms with E-state index in [1.54, 1.807) is 24.5 Å². The number of nitrogens with zero attached hydrogens (tertiary/aromatic N) is 2. The van der Waals surface area contributed by atoms with Gasteiger partial charge < -0.3 is 9.84 Å². The Morgan fingerprint density at radius 3 is 2.77 bits per heavy atom. The van der Waals surface area contributed by atoms with Crippen LogP contribution in [0.25, 0.3) is 11.3 Å². The van der Waals surface area contributed by atoms with Gasteiger partial charge in [0, 0.05) is 29.7 Å². The average Bonchev–Trinajstić information content (AvgIpc) is 3.01. The van der Waals surface area contributed by atoms with E-state index in [1.807, 2.05) is 38.1 Å². The minimum absolute atomic E-state index is 0.235. The van der Waals surface area contributed by atoms with Gasteiger partial charge in [-0.2, -0.15) is 0 Å². The van der Waals surface area contributed by atoms with Crippen LogP contribution in [0.3, 0.4) is 0 Å². The molecule has 0 unspecified atom stereocenters. The van der Waals surface area contributed by atoms with E-state index in [0.29, 0.717) is 5.76 Å². The van der Waals surface area contributed by atoms with Crippen LogP contribution in [0.5, 0.6) is 0 Å². The van der Waals surface area contributed by atoms with Gasteiger partial charge in [-0.3, -0.25) is 9.78 Å². The molecule has 5 nitrogen and oxygen atoms in total. The van der Waals surface area contributed by atoms with Crippen molar-refractivity contribution in [1.82, 2.24) is 10.1 Å². The van der Waals surface area contributed by atoms with Crippen LogP contribution in [-0.4, -0.2) is 16.0 Å². The summed E-state index contributed by atoms with van der Waals surface area (Å²) in [6.07, 6.45) is 3.33. The normalized spacial score (nSPS) is 10.5. The van der Waals surface area contributed by atoms with E-state index < -0.39 is 0 Å². The molecule has 5 heteroatoms. The van der Waals surface area contributed by atoms with Crippen molar-refractivity contribution >= 4 is 11.6 Å². The zero-order chi connectivity index (χ0) is 15.5. The summed E-state index contributed by atoms with van der Waals surface area (Å²) in [5.41, 5.74) is 3.93. The molecule has 3 aromatic rings. The van der Waals surface area contributed by atoms with E-state index in [1.165, 1.54) is 0 Å². The van der Waals surface area contributed by atoms with Gasteiger partial charge in [-0.25, -0.2) is 0 Å². The number of aryl methyl sites for hydroxylation is 2. The quantitative estimate of drug-likeness (QED) is 0.801. The zero-order valence-electron chi connectivity index (χ0n) is 12.3. The van der Waals surface area contributed by atoms with E-state index in [2.05, 4.69) is 15.5 Å². The second-order valence-corrected chi connectivity index (χ2v) is 5.09. The van der Waals surface area contributed by atoms with Crippen LogP contribution in [-0.2, 0) is 0 Å². The molecule has 0 bridgehead atoms. The topological polar surface area (TPSA) is 68.0 Å². The minimum Gasteiger partial charge on any atom is -0.355 e. The largest absolute Gasteiger partial charge is 0.355 e. The van der Waals surface area contributed by atoms with Crippen LogP contribution in [0.4, 0.5) is 5.69 Å².